The molecule has 0 radical (unpaired) electrons. The fourth-order valence-corrected chi connectivity index (χ4v) is 12.5. The first-order chi connectivity index (χ1) is 26.4. The normalized spacial score (nSPS) is 29.3. The van der Waals surface area contributed by atoms with Gasteiger partial charge in [-0.25, -0.2) is 26.2 Å². The Morgan fingerprint density at radius 3 is 2.67 bits per heavy atom. The van der Waals surface area contributed by atoms with Crippen LogP contribution in [0.5, 0.6) is 0 Å². The van der Waals surface area contributed by atoms with Gasteiger partial charge < -0.3 is 23.7 Å². The van der Waals surface area contributed by atoms with E-state index in [2.05, 4.69) is 4.98 Å². The van der Waals surface area contributed by atoms with E-state index in [9.17, 15) is 31.1 Å². The third kappa shape index (κ3) is 8.96. The quantitative estimate of drug-likeness (QED) is 0.264. The van der Waals surface area contributed by atoms with Crippen LogP contribution >= 0.6 is 0 Å². The second-order valence-corrected chi connectivity index (χ2v) is 20.5. The Balaban J connectivity index is 1.08. The number of hydrogen-bond donors (Lipinski definition) is 1. The van der Waals surface area contributed by atoms with Crippen LogP contribution in [-0.2, 0) is 57.5 Å². The van der Waals surface area contributed by atoms with Gasteiger partial charge in [0.15, 0.2) is 27.6 Å². The lowest BCUT2D eigenvalue weighted by Crippen LogP contribution is -2.42. The molecule has 300 valence electrons. The Morgan fingerprint density at radius 2 is 1.85 bits per heavy atom. The third-order valence-corrected chi connectivity index (χ3v) is 15.8. The van der Waals surface area contributed by atoms with Gasteiger partial charge in [0.2, 0.25) is 10.0 Å². The molecular weight excluding hydrogens is 752 g/mol. The number of benzene rings is 2. The minimum atomic E-state index is -4.42. The standard InChI is InChI=1S/C40H51FN2O10S2/c41-30-8-6-7-26(16-30)15-27(20-38(45)53-34-19-28-23-51-40-39(28)31(34)11-13-50-40)33(44)22-43-12-4-2-1-3-5-14-54(46,47)24-29-18-32-35(21-36(29)55(43,48)49)52-37(42-32)17-25-9-10-25/h6-8,16,18,21,25,27-28,31,33-34,39-40,44H,1-5,9-15,17,19-20,22-24H2/t27-,28-,31-,33-,34-,39+,40+/m1/s1. The average molecular weight is 803 g/mol. The molecule has 1 aromatic heterocycles. The number of β-amino-alcohol motifs (C(OH)–C–C–N with tert-alkyl or cyclic N) is 1. The van der Waals surface area contributed by atoms with Crippen molar-refractivity contribution in [3.8, 4) is 0 Å². The number of rotatable bonds is 10. The van der Waals surface area contributed by atoms with Gasteiger partial charge in [0.25, 0.3) is 0 Å². The van der Waals surface area contributed by atoms with Crippen LogP contribution < -0.4 is 0 Å². The minimum absolute atomic E-state index is 0.0540. The number of carbonyl (C=O) groups is 1. The van der Waals surface area contributed by atoms with Gasteiger partial charge in [-0.05, 0) is 86.1 Å². The van der Waals surface area contributed by atoms with E-state index >= 15 is 0 Å². The monoisotopic (exact) mass is 802 g/mol. The van der Waals surface area contributed by atoms with Gasteiger partial charge in [-0.2, -0.15) is 4.31 Å². The Labute approximate surface area is 322 Å². The molecule has 2 saturated heterocycles. The SMILES string of the molecule is O=C(C[C@@H](Cc1cccc(F)c1)[C@H](O)CN1CCCCCCCS(=O)(=O)Cc2cc3nc(CC4CC4)oc3cc2S1(=O)=O)O[C@@H]1C[C@@H]2CO[C@@H]3OCC[C@H]1[C@H]23. The maximum Gasteiger partial charge on any atom is 0.306 e. The van der Waals surface area contributed by atoms with Gasteiger partial charge in [-0.1, -0.05) is 31.4 Å². The van der Waals surface area contributed by atoms with Crippen molar-refractivity contribution in [2.24, 2.45) is 29.6 Å². The molecule has 2 aromatic carbocycles. The molecule has 4 fully saturated rings. The van der Waals surface area contributed by atoms with E-state index in [0.717, 1.165) is 25.7 Å². The number of fused-ring (bicyclic) bond motifs is 2. The summed E-state index contributed by atoms with van der Waals surface area (Å²) in [6, 6.07) is 8.82. The number of oxazole rings is 1. The van der Waals surface area contributed by atoms with Crippen LogP contribution in [0.4, 0.5) is 4.39 Å². The molecule has 4 heterocycles. The summed E-state index contributed by atoms with van der Waals surface area (Å²) in [6.45, 7) is 0.790. The van der Waals surface area contributed by atoms with Gasteiger partial charge >= 0.3 is 5.97 Å². The topological polar surface area (TPSA) is 163 Å². The summed E-state index contributed by atoms with van der Waals surface area (Å²) in [5.74, 6) is -0.835. The minimum Gasteiger partial charge on any atom is -0.462 e. The highest BCUT2D eigenvalue weighted by Crippen LogP contribution is 2.50. The molecule has 0 unspecified atom stereocenters. The molecular formula is C40H51FN2O10S2. The van der Waals surface area contributed by atoms with Crippen molar-refractivity contribution < 1.29 is 49.8 Å². The van der Waals surface area contributed by atoms with Crippen molar-refractivity contribution >= 4 is 36.9 Å². The number of nitrogens with zero attached hydrogens (tertiary/aromatic N) is 2. The molecule has 12 nitrogen and oxygen atoms in total. The summed E-state index contributed by atoms with van der Waals surface area (Å²) in [5, 5.41) is 12.0. The van der Waals surface area contributed by atoms with Crippen molar-refractivity contribution in [1.82, 2.24) is 9.29 Å². The van der Waals surface area contributed by atoms with Crippen LogP contribution in [0.2, 0.25) is 0 Å². The first-order valence-electron chi connectivity index (χ1n) is 19.9. The summed E-state index contributed by atoms with van der Waals surface area (Å²) in [7, 11) is -8.09. The van der Waals surface area contributed by atoms with Crippen molar-refractivity contribution in [2.45, 2.75) is 106 Å². The molecule has 3 aliphatic heterocycles. The van der Waals surface area contributed by atoms with E-state index in [1.807, 2.05) is 0 Å². The van der Waals surface area contributed by atoms with Gasteiger partial charge in [-0.15, -0.1) is 0 Å². The molecule has 7 atom stereocenters. The Bertz CT molecular complexity index is 2090. The van der Waals surface area contributed by atoms with Crippen LogP contribution in [0.1, 0.15) is 81.2 Å². The van der Waals surface area contributed by atoms with Gasteiger partial charge in [0.1, 0.15) is 17.4 Å². The van der Waals surface area contributed by atoms with Crippen molar-refractivity contribution in [1.29, 1.82) is 0 Å². The maximum absolute atomic E-state index is 14.8. The molecule has 5 aliphatic rings. The molecule has 0 spiro atoms. The van der Waals surface area contributed by atoms with Crippen LogP contribution in [-0.4, -0.2) is 87.8 Å². The molecule has 2 saturated carbocycles. The fourth-order valence-electron chi connectivity index (χ4n) is 9.21. The number of aliphatic hydroxyl groups excluding tert-OH is 1. The molecule has 8 rings (SSSR count). The van der Waals surface area contributed by atoms with Crippen molar-refractivity contribution in [3.63, 3.8) is 0 Å². The average Bonchev–Trinajstić information content (AvgIpc) is 3.55. The third-order valence-electron chi connectivity index (χ3n) is 12.2. The largest absolute Gasteiger partial charge is 0.462 e. The number of sulfonamides is 1. The second-order valence-electron chi connectivity index (χ2n) is 16.4. The summed E-state index contributed by atoms with van der Waals surface area (Å²) in [4.78, 5) is 18.1. The van der Waals surface area contributed by atoms with Gasteiger partial charge in [-0.3, -0.25) is 4.79 Å². The number of aromatic nitrogens is 1. The first kappa shape index (κ1) is 38.9. The molecule has 1 N–H and O–H groups in total. The highest BCUT2D eigenvalue weighted by Gasteiger charge is 2.55. The smallest absolute Gasteiger partial charge is 0.306 e. The first-order valence-corrected chi connectivity index (χ1v) is 23.2. The zero-order valence-electron chi connectivity index (χ0n) is 31.0. The molecule has 2 aliphatic carbocycles. The molecule has 0 amide bonds. The molecule has 3 aromatic rings. The lowest BCUT2D eigenvalue weighted by Gasteiger charge is -2.33. The van der Waals surface area contributed by atoms with E-state index in [1.165, 1.54) is 28.6 Å². The van der Waals surface area contributed by atoms with E-state index in [0.29, 0.717) is 74.6 Å². The zero-order chi connectivity index (χ0) is 38.3. The van der Waals surface area contributed by atoms with Crippen LogP contribution in [0.3, 0.4) is 0 Å². The molecule has 15 heteroatoms. The maximum atomic E-state index is 14.8. The van der Waals surface area contributed by atoms with E-state index < -0.39 is 49.4 Å². The lowest BCUT2D eigenvalue weighted by atomic mass is 9.86. The number of hydrogen-bond acceptors (Lipinski definition) is 11. The number of esters is 1. The summed E-state index contributed by atoms with van der Waals surface area (Å²) in [6.07, 6.45) is 5.20. The summed E-state index contributed by atoms with van der Waals surface area (Å²) in [5.41, 5.74) is 1.32. The number of ether oxygens (including phenoxy) is 3. The Morgan fingerprint density at radius 1 is 1.04 bits per heavy atom. The number of aliphatic hydroxyl groups is 1. The predicted octanol–water partition coefficient (Wildman–Crippen LogP) is 5.34. The van der Waals surface area contributed by atoms with E-state index in [4.69, 9.17) is 18.6 Å². The Hall–Kier alpha value is -2.95. The molecule has 55 heavy (non-hydrogen) atoms. The highest BCUT2D eigenvalue weighted by molar-refractivity contribution is 7.91. The fraction of sp³-hybridized carbons (Fsp3) is 0.650. The summed E-state index contributed by atoms with van der Waals surface area (Å²) < 4.78 is 95.6. The predicted molar refractivity (Wildman–Crippen MR) is 199 cm³/mol. The Kier molecular flexibility index (Phi) is 11.4. The number of carbonyl (C=O) groups excluding carboxylic acids is 1. The van der Waals surface area contributed by atoms with Gasteiger partial charge in [0, 0.05) is 43.3 Å². The van der Waals surface area contributed by atoms with E-state index in [1.54, 1.807) is 12.1 Å². The number of sulfone groups is 1. The zero-order valence-corrected chi connectivity index (χ0v) is 32.7. The van der Waals surface area contributed by atoms with Crippen molar-refractivity contribution in [3.05, 3.63) is 59.2 Å². The van der Waals surface area contributed by atoms with Crippen molar-refractivity contribution in [2.75, 3.05) is 32.1 Å². The van der Waals surface area contributed by atoms with Crippen LogP contribution in [0, 0.1) is 35.4 Å². The summed E-state index contributed by atoms with van der Waals surface area (Å²) >= 11 is 0. The lowest BCUT2D eigenvalue weighted by molar-refractivity contribution is -0.182. The number of halogens is 1. The van der Waals surface area contributed by atoms with Gasteiger partial charge in [0.05, 0.1) is 42.1 Å². The van der Waals surface area contributed by atoms with Crippen LogP contribution in [0.25, 0.3) is 11.1 Å². The second kappa shape index (κ2) is 16.1. The molecule has 0 bridgehead atoms. The highest BCUT2D eigenvalue weighted by atomic mass is 32.2. The van der Waals surface area contributed by atoms with Crippen LogP contribution in [0.15, 0.2) is 45.7 Å². The van der Waals surface area contributed by atoms with E-state index in [-0.39, 0.29) is 77.9 Å².